The summed E-state index contributed by atoms with van der Waals surface area (Å²) >= 11 is 0. The highest BCUT2D eigenvalue weighted by molar-refractivity contribution is 4.88. The Labute approximate surface area is 61.3 Å². The number of hydrogen-bond donors (Lipinski definition) is 3. The summed E-state index contributed by atoms with van der Waals surface area (Å²) in [5, 5.41) is 27.6. The third kappa shape index (κ3) is 2.64. The second-order valence-electron chi connectivity index (χ2n) is 3.71. The van der Waals surface area contributed by atoms with Gasteiger partial charge in [0.15, 0.2) is 0 Å². The van der Waals surface area contributed by atoms with Crippen molar-refractivity contribution in [3.8, 4) is 0 Å². The molecular weight excluding hydrogens is 132 g/mol. The summed E-state index contributed by atoms with van der Waals surface area (Å²) < 4.78 is 0. The van der Waals surface area contributed by atoms with Gasteiger partial charge in [0.25, 0.3) is 0 Å². The van der Waals surface area contributed by atoms with Crippen molar-refractivity contribution < 1.29 is 15.3 Å². The number of aliphatic hydroxyl groups is 3. The van der Waals surface area contributed by atoms with Crippen molar-refractivity contribution in [2.24, 2.45) is 0 Å². The third-order valence-corrected chi connectivity index (χ3v) is 1.34. The summed E-state index contributed by atoms with van der Waals surface area (Å²) in [4.78, 5) is 0. The second-order valence-corrected chi connectivity index (χ2v) is 3.71. The van der Waals surface area contributed by atoms with Gasteiger partial charge in [0, 0.05) is 0 Å². The van der Waals surface area contributed by atoms with E-state index in [4.69, 9.17) is 0 Å². The van der Waals surface area contributed by atoms with Crippen molar-refractivity contribution in [2.45, 2.75) is 45.0 Å². The molecule has 0 heterocycles. The van der Waals surface area contributed by atoms with E-state index in [1.807, 2.05) is 0 Å². The van der Waals surface area contributed by atoms with Gasteiger partial charge in [-0.2, -0.15) is 0 Å². The molecule has 0 aliphatic carbocycles. The molecule has 0 fully saturated rings. The van der Waals surface area contributed by atoms with E-state index in [1.54, 1.807) is 0 Å². The van der Waals surface area contributed by atoms with Crippen LogP contribution in [0.1, 0.15) is 27.7 Å². The maximum atomic E-state index is 9.22. The van der Waals surface area contributed by atoms with Crippen molar-refractivity contribution in [1.29, 1.82) is 0 Å². The lowest BCUT2D eigenvalue weighted by Gasteiger charge is -2.33. The van der Waals surface area contributed by atoms with E-state index < -0.39 is 17.3 Å². The quantitative estimate of drug-likeness (QED) is 0.512. The minimum atomic E-state index is -1.25. The lowest BCUT2D eigenvalue weighted by molar-refractivity contribution is -0.143. The molecule has 0 saturated carbocycles. The predicted molar refractivity (Wildman–Crippen MR) is 38.6 cm³/mol. The third-order valence-electron chi connectivity index (χ3n) is 1.34. The molecule has 0 aromatic carbocycles. The Bertz CT molecular complexity index is 93.0. The first-order valence-corrected chi connectivity index (χ1v) is 3.28. The zero-order chi connectivity index (χ0) is 8.58. The minimum Gasteiger partial charge on any atom is -0.388 e. The van der Waals surface area contributed by atoms with Gasteiger partial charge in [-0.05, 0) is 27.7 Å². The molecule has 3 N–H and O–H groups in total. The molecule has 0 unspecified atom stereocenters. The topological polar surface area (TPSA) is 60.7 Å². The Balaban J connectivity index is 4.23. The number of rotatable bonds is 2. The molecule has 0 rings (SSSR count). The normalized spacial score (nSPS) is 14.4. The van der Waals surface area contributed by atoms with Crippen molar-refractivity contribution in [1.82, 2.24) is 0 Å². The molecule has 0 aliphatic heterocycles. The van der Waals surface area contributed by atoms with E-state index >= 15 is 0 Å². The van der Waals surface area contributed by atoms with Gasteiger partial charge >= 0.3 is 0 Å². The van der Waals surface area contributed by atoms with Crippen LogP contribution in [-0.4, -0.2) is 32.6 Å². The maximum absolute atomic E-state index is 9.22. The average molecular weight is 148 g/mol. The van der Waals surface area contributed by atoms with Crippen LogP contribution in [0.3, 0.4) is 0 Å². The fourth-order valence-corrected chi connectivity index (χ4v) is 0.864. The lowest BCUT2D eigenvalue weighted by atomic mass is 9.89. The van der Waals surface area contributed by atoms with Crippen LogP contribution in [0.5, 0.6) is 0 Å². The van der Waals surface area contributed by atoms with Gasteiger partial charge in [0.1, 0.15) is 6.10 Å². The summed E-state index contributed by atoms with van der Waals surface area (Å²) in [5.41, 5.74) is -2.50. The summed E-state index contributed by atoms with van der Waals surface area (Å²) in [6.07, 6.45) is -1.13. The molecular formula is C7H16O3. The van der Waals surface area contributed by atoms with Crippen LogP contribution in [0, 0.1) is 0 Å². The highest BCUT2D eigenvalue weighted by atomic mass is 16.4. The van der Waals surface area contributed by atoms with Crippen molar-refractivity contribution in [2.75, 3.05) is 0 Å². The van der Waals surface area contributed by atoms with Crippen molar-refractivity contribution >= 4 is 0 Å². The fourth-order valence-electron chi connectivity index (χ4n) is 0.864. The van der Waals surface area contributed by atoms with Crippen LogP contribution in [0.15, 0.2) is 0 Å². The van der Waals surface area contributed by atoms with Crippen LogP contribution in [0.2, 0.25) is 0 Å². The predicted octanol–water partition coefficient (Wildman–Crippen LogP) is -0.111. The van der Waals surface area contributed by atoms with Crippen LogP contribution >= 0.6 is 0 Å². The molecule has 0 aromatic heterocycles. The van der Waals surface area contributed by atoms with Gasteiger partial charge in [-0.3, -0.25) is 0 Å². The van der Waals surface area contributed by atoms with Gasteiger partial charge in [0.05, 0.1) is 11.2 Å². The molecule has 0 bridgehead atoms. The Morgan fingerprint density at radius 2 is 1.10 bits per heavy atom. The monoisotopic (exact) mass is 148 g/mol. The van der Waals surface area contributed by atoms with Gasteiger partial charge < -0.3 is 15.3 Å². The minimum absolute atomic E-state index is 1.13. The molecule has 0 spiro atoms. The van der Waals surface area contributed by atoms with E-state index in [0.29, 0.717) is 0 Å². The molecule has 10 heavy (non-hydrogen) atoms. The van der Waals surface area contributed by atoms with Gasteiger partial charge in [-0.1, -0.05) is 0 Å². The van der Waals surface area contributed by atoms with Crippen LogP contribution < -0.4 is 0 Å². The maximum Gasteiger partial charge on any atom is 0.110 e. The van der Waals surface area contributed by atoms with Crippen molar-refractivity contribution in [3.63, 3.8) is 0 Å². The summed E-state index contributed by atoms with van der Waals surface area (Å²) in [6.45, 7) is 5.82. The fraction of sp³-hybridized carbons (Fsp3) is 1.00. The number of hydrogen-bond acceptors (Lipinski definition) is 3. The molecule has 0 aliphatic rings. The Morgan fingerprint density at radius 1 is 0.900 bits per heavy atom. The zero-order valence-electron chi connectivity index (χ0n) is 6.92. The standard InChI is InChI=1S/C7H16O3/c1-6(2,9)5(8)7(3,4)10/h5,8-10H,1-4H3. The first-order chi connectivity index (χ1) is 4.15. The highest BCUT2D eigenvalue weighted by Crippen LogP contribution is 2.19. The molecule has 3 nitrogen and oxygen atoms in total. The van der Waals surface area contributed by atoms with E-state index in [1.165, 1.54) is 27.7 Å². The highest BCUT2D eigenvalue weighted by Gasteiger charge is 2.36. The first-order valence-electron chi connectivity index (χ1n) is 3.28. The molecule has 0 radical (unpaired) electrons. The summed E-state index contributed by atoms with van der Waals surface area (Å²) in [6, 6.07) is 0. The Morgan fingerprint density at radius 3 is 1.10 bits per heavy atom. The van der Waals surface area contributed by atoms with E-state index in [-0.39, 0.29) is 0 Å². The lowest BCUT2D eigenvalue weighted by Crippen LogP contribution is -2.50. The molecule has 0 aromatic rings. The average Bonchev–Trinajstić information content (AvgIpc) is 1.59. The van der Waals surface area contributed by atoms with E-state index in [9.17, 15) is 15.3 Å². The first kappa shape index (κ1) is 9.88. The zero-order valence-corrected chi connectivity index (χ0v) is 6.92. The van der Waals surface area contributed by atoms with Crippen LogP contribution in [0.25, 0.3) is 0 Å². The van der Waals surface area contributed by atoms with Gasteiger partial charge in [-0.25, -0.2) is 0 Å². The second kappa shape index (κ2) is 2.49. The van der Waals surface area contributed by atoms with Crippen molar-refractivity contribution in [3.05, 3.63) is 0 Å². The molecule has 0 amide bonds. The summed E-state index contributed by atoms with van der Waals surface area (Å²) in [5.74, 6) is 0. The Kier molecular flexibility index (Phi) is 2.46. The smallest absolute Gasteiger partial charge is 0.110 e. The summed E-state index contributed by atoms with van der Waals surface area (Å²) in [7, 11) is 0. The van der Waals surface area contributed by atoms with Crippen LogP contribution in [0.4, 0.5) is 0 Å². The number of aliphatic hydroxyl groups excluding tert-OH is 1. The van der Waals surface area contributed by atoms with Crippen LogP contribution in [-0.2, 0) is 0 Å². The molecule has 0 saturated heterocycles. The SMILES string of the molecule is CC(C)(O)C(O)C(C)(C)O. The molecule has 0 atom stereocenters. The van der Waals surface area contributed by atoms with Gasteiger partial charge in [-0.15, -0.1) is 0 Å². The largest absolute Gasteiger partial charge is 0.388 e. The Hall–Kier alpha value is -0.120. The van der Waals surface area contributed by atoms with E-state index in [0.717, 1.165) is 0 Å². The molecule has 62 valence electrons. The van der Waals surface area contributed by atoms with E-state index in [2.05, 4.69) is 0 Å². The molecule has 3 heteroatoms. The van der Waals surface area contributed by atoms with Gasteiger partial charge in [0.2, 0.25) is 0 Å².